The predicted molar refractivity (Wildman–Crippen MR) is 98.7 cm³/mol. The molecular weight excluding hydrogens is 350 g/mol. The topological polar surface area (TPSA) is 93.8 Å². The largest absolute Gasteiger partial charge is 0.359 e. The Morgan fingerprint density at radius 3 is 2.77 bits per heavy atom. The molecule has 3 aromatic heterocycles. The van der Waals surface area contributed by atoms with Crippen molar-refractivity contribution < 1.29 is 9.32 Å². The van der Waals surface area contributed by atoms with Crippen molar-refractivity contribution in [3.05, 3.63) is 46.6 Å². The molecule has 3 aromatic rings. The quantitative estimate of drug-likeness (QED) is 0.685. The summed E-state index contributed by atoms with van der Waals surface area (Å²) < 4.78 is 5.29. The monoisotopic (exact) mass is 371 g/mol. The fraction of sp³-hybridized carbons (Fsp3) is 0.389. The van der Waals surface area contributed by atoms with Gasteiger partial charge in [-0.3, -0.25) is 4.79 Å². The maximum Gasteiger partial charge on any atom is 0.263 e. The highest BCUT2D eigenvalue weighted by Gasteiger charge is 2.19. The summed E-state index contributed by atoms with van der Waals surface area (Å²) in [7, 11) is 0. The summed E-state index contributed by atoms with van der Waals surface area (Å²) >= 11 is 1.30. The molecule has 26 heavy (non-hydrogen) atoms. The van der Waals surface area contributed by atoms with Gasteiger partial charge in [0.05, 0.1) is 17.9 Å². The number of thiazole rings is 1. The molecule has 0 spiro atoms. The second-order valence-electron chi connectivity index (χ2n) is 6.29. The van der Waals surface area contributed by atoms with Gasteiger partial charge in [0.1, 0.15) is 4.88 Å². The summed E-state index contributed by atoms with van der Waals surface area (Å²) in [5, 5.41) is 7.56. The minimum absolute atomic E-state index is 0.177. The molecule has 136 valence electrons. The van der Waals surface area contributed by atoms with Gasteiger partial charge >= 0.3 is 0 Å². The Morgan fingerprint density at radius 2 is 2.08 bits per heavy atom. The normalized spacial score (nSPS) is 11.1. The Morgan fingerprint density at radius 1 is 1.31 bits per heavy atom. The van der Waals surface area contributed by atoms with E-state index in [1.165, 1.54) is 11.3 Å². The van der Waals surface area contributed by atoms with Gasteiger partial charge in [-0.2, -0.15) is 0 Å². The van der Waals surface area contributed by atoms with Crippen molar-refractivity contribution in [2.45, 2.75) is 40.2 Å². The van der Waals surface area contributed by atoms with Crippen LogP contribution < -0.4 is 5.32 Å². The van der Waals surface area contributed by atoms with E-state index in [9.17, 15) is 4.79 Å². The molecule has 0 unspecified atom stereocenters. The van der Waals surface area contributed by atoms with Crippen LogP contribution in [-0.2, 0) is 19.4 Å². The molecule has 0 atom stereocenters. The van der Waals surface area contributed by atoms with Crippen LogP contribution in [0.15, 0.2) is 29.0 Å². The first-order valence-electron chi connectivity index (χ1n) is 8.56. The van der Waals surface area contributed by atoms with Crippen LogP contribution in [-0.4, -0.2) is 26.0 Å². The first-order chi connectivity index (χ1) is 12.6. The lowest BCUT2D eigenvalue weighted by Crippen LogP contribution is -2.22. The van der Waals surface area contributed by atoms with Gasteiger partial charge in [-0.05, 0) is 24.8 Å². The third kappa shape index (κ3) is 4.32. The van der Waals surface area contributed by atoms with Crippen molar-refractivity contribution in [3.8, 4) is 10.8 Å². The number of hydrogen-bond donors (Lipinski definition) is 1. The van der Waals surface area contributed by atoms with Crippen LogP contribution in [0.3, 0.4) is 0 Å². The second-order valence-corrected chi connectivity index (χ2v) is 7.29. The molecule has 7 nitrogen and oxygen atoms in total. The summed E-state index contributed by atoms with van der Waals surface area (Å²) in [6, 6.07) is 3.63. The van der Waals surface area contributed by atoms with E-state index < -0.39 is 0 Å². The van der Waals surface area contributed by atoms with E-state index >= 15 is 0 Å². The Labute approximate surface area is 155 Å². The number of nitrogens with one attached hydrogen (secondary N) is 1. The first kappa shape index (κ1) is 18.2. The number of aryl methyl sites for hydroxylation is 1. The molecule has 0 aliphatic rings. The minimum atomic E-state index is -0.177. The van der Waals surface area contributed by atoms with Gasteiger partial charge < -0.3 is 9.84 Å². The second kappa shape index (κ2) is 8.18. The Balaban J connectivity index is 1.69. The number of rotatable bonds is 7. The zero-order valence-corrected chi connectivity index (χ0v) is 15.8. The van der Waals surface area contributed by atoms with Crippen molar-refractivity contribution in [2.75, 3.05) is 0 Å². The molecule has 0 aromatic carbocycles. The average molecular weight is 371 g/mol. The van der Waals surface area contributed by atoms with Crippen LogP contribution in [0.2, 0.25) is 0 Å². The predicted octanol–water partition coefficient (Wildman–Crippen LogP) is 3.28. The van der Waals surface area contributed by atoms with Crippen LogP contribution in [0.5, 0.6) is 0 Å². The molecule has 0 radical (unpaired) electrons. The van der Waals surface area contributed by atoms with Gasteiger partial charge in [-0.15, -0.1) is 11.3 Å². The highest BCUT2D eigenvalue weighted by atomic mass is 32.1. The fourth-order valence-corrected chi connectivity index (χ4v) is 3.49. The standard InChI is InChI=1S/C18H21N5O2S/c1-4-14-15(26-18(22-14)16-19-6-5-7-20-16)17(24)21-10-13-9-12(23-25-13)8-11(2)3/h5-7,9,11H,4,8,10H2,1-3H3,(H,21,24). The molecule has 0 aliphatic carbocycles. The zero-order valence-electron chi connectivity index (χ0n) is 15.0. The van der Waals surface area contributed by atoms with Crippen LogP contribution in [0, 0.1) is 5.92 Å². The van der Waals surface area contributed by atoms with Crippen molar-refractivity contribution in [1.82, 2.24) is 25.4 Å². The number of amides is 1. The number of hydrogen-bond acceptors (Lipinski definition) is 7. The van der Waals surface area contributed by atoms with Gasteiger partial charge in [0.15, 0.2) is 16.6 Å². The summed E-state index contributed by atoms with van der Waals surface area (Å²) in [5.74, 6) is 1.50. The van der Waals surface area contributed by atoms with E-state index in [4.69, 9.17) is 4.52 Å². The van der Waals surface area contributed by atoms with E-state index in [1.807, 2.05) is 13.0 Å². The van der Waals surface area contributed by atoms with Gasteiger partial charge in [0, 0.05) is 18.5 Å². The Kier molecular flexibility index (Phi) is 5.72. The molecule has 0 saturated carbocycles. The van der Waals surface area contributed by atoms with Gasteiger partial charge in [0.25, 0.3) is 5.91 Å². The highest BCUT2D eigenvalue weighted by molar-refractivity contribution is 7.17. The maximum absolute atomic E-state index is 12.6. The SMILES string of the molecule is CCc1nc(-c2ncccn2)sc1C(=O)NCc1cc(CC(C)C)no1. The van der Waals surface area contributed by atoms with E-state index in [0.29, 0.717) is 40.4 Å². The van der Waals surface area contributed by atoms with Crippen molar-refractivity contribution in [3.63, 3.8) is 0 Å². The molecule has 8 heteroatoms. The molecule has 1 N–H and O–H groups in total. The maximum atomic E-state index is 12.6. The molecule has 3 heterocycles. The molecule has 0 fully saturated rings. The van der Waals surface area contributed by atoms with Crippen molar-refractivity contribution in [2.24, 2.45) is 5.92 Å². The van der Waals surface area contributed by atoms with E-state index in [0.717, 1.165) is 17.8 Å². The summed E-state index contributed by atoms with van der Waals surface area (Å²) in [4.78, 5) is 26.1. The van der Waals surface area contributed by atoms with Crippen LogP contribution in [0.1, 0.15) is 47.6 Å². The summed E-state index contributed by atoms with van der Waals surface area (Å²) in [6.45, 7) is 6.51. The molecule has 0 aliphatic heterocycles. The van der Waals surface area contributed by atoms with Crippen LogP contribution in [0.25, 0.3) is 10.8 Å². The summed E-state index contributed by atoms with van der Waals surface area (Å²) in [5.41, 5.74) is 1.65. The number of aromatic nitrogens is 4. The number of carbonyl (C=O) groups excluding carboxylic acids is 1. The lowest BCUT2D eigenvalue weighted by molar-refractivity contribution is 0.0950. The Hall–Kier alpha value is -2.61. The smallest absolute Gasteiger partial charge is 0.263 e. The average Bonchev–Trinajstić information content (AvgIpc) is 3.26. The lowest BCUT2D eigenvalue weighted by atomic mass is 10.1. The molecule has 0 saturated heterocycles. The van der Waals surface area contributed by atoms with E-state index in [1.54, 1.807) is 18.5 Å². The van der Waals surface area contributed by atoms with Crippen LogP contribution >= 0.6 is 11.3 Å². The van der Waals surface area contributed by atoms with E-state index in [-0.39, 0.29) is 5.91 Å². The molecular formula is C18H21N5O2S. The highest BCUT2D eigenvalue weighted by Crippen LogP contribution is 2.26. The van der Waals surface area contributed by atoms with Crippen molar-refractivity contribution in [1.29, 1.82) is 0 Å². The third-order valence-corrected chi connectivity index (χ3v) is 4.74. The molecule has 0 bridgehead atoms. The third-order valence-electron chi connectivity index (χ3n) is 3.64. The molecule has 1 amide bonds. The lowest BCUT2D eigenvalue weighted by Gasteiger charge is -2.01. The van der Waals surface area contributed by atoms with Gasteiger partial charge in [-0.1, -0.05) is 25.9 Å². The van der Waals surface area contributed by atoms with Crippen LogP contribution in [0.4, 0.5) is 0 Å². The number of nitrogens with zero attached hydrogens (tertiary/aromatic N) is 4. The summed E-state index contributed by atoms with van der Waals surface area (Å²) in [6.07, 6.45) is 4.83. The Bertz CT molecular complexity index is 873. The minimum Gasteiger partial charge on any atom is -0.359 e. The number of carbonyl (C=O) groups is 1. The van der Waals surface area contributed by atoms with Crippen molar-refractivity contribution >= 4 is 17.2 Å². The van der Waals surface area contributed by atoms with Gasteiger partial charge in [-0.25, -0.2) is 15.0 Å². The first-order valence-corrected chi connectivity index (χ1v) is 9.38. The zero-order chi connectivity index (χ0) is 18.5. The van der Waals surface area contributed by atoms with Gasteiger partial charge in [0.2, 0.25) is 0 Å². The fourth-order valence-electron chi connectivity index (χ4n) is 2.48. The van der Waals surface area contributed by atoms with E-state index in [2.05, 4.69) is 39.3 Å². The molecule has 3 rings (SSSR count).